The van der Waals surface area contributed by atoms with Gasteiger partial charge < -0.3 is 10.1 Å². The molecule has 132 valence electrons. The van der Waals surface area contributed by atoms with E-state index in [1.807, 2.05) is 0 Å². The Balaban J connectivity index is 1.72. The first-order chi connectivity index (χ1) is 11.1. The third-order valence-corrected chi connectivity index (χ3v) is 5.11. The number of thiocarbonyl (C=S) groups is 1. The molecule has 1 saturated heterocycles. The van der Waals surface area contributed by atoms with Crippen molar-refractivity contribution in [2.75, 3.05) is 39.4 Å². The second kappa shape index (κ2) is 9.55. The number of morpholine rings is 1. The number of nitrogens with zero attached hydrogens (tertiary/aromatic N) is 2. The van der Waals surface area contributed by atoms with E-state index in [4.69, 9.17) is 17.0 Å². The molecule has 23 heavy (non-hydrogen) atoms. The standard InChI is InChI=1S/C17H32N4OS/c1-13(2)15-5-4-14(3)12-16(15)19-20-17(23)18-6-7-21-8-10-22-11-9-21/h13-15H,4-12H2,1-3H3,(H2,18,20,23)/b19-16-/t14-,15+/m0/s1. The largest absolute Gasteiger partial charge is 0.379 e. The summed E-state index contributed by atoms with van der Waals surface area (Å²) in [5, 5.41) is 8.52. The molecule has 2 fully saturated rings. The van der Waals surface area contributed by atoms with E-state index in [9.17, 15) is 0 Å². The lowest BCUT2D eigenvalue weighted by atomic mass is 9.76. The van der Waals surface area contributed by atoms with Crippen LogP contribution in [0.4, 0.5) is 0 Å². The summed E-state index contributed by atoms with van der Waals surface area (Å²) in [6.45, 7) is 12.4. The van der Waals surface area contributed by atoms with E-state index in [1.165, 1.54) is 18.6 Å². The molecule has 0 bridgehead atoms. The van der Waals surface area contributed by atoms with Gasteiger partial charge in [-0.3, -0.25) is 10.3 Å². The predicted molar refractivity (Wildman–Crippen MR) is 99.8 cm³/mol. The minimum Gasteiger partial charge on any atom is -0.379 e. The van der Waals surface area contributed by atoms with Crippen LogP contribution in [0.1, 0.15) is 40.0 Å². The fourth-order valence-corrected chi connectivity index (χ4v) is 3.55. The number of hydrogen-bond acceptors (Lipinski definition) is 4. The monoisotopic (exact) mass is 340 g/mol. The second-order valence-electron chi connectivity index (χ2n) is 7.16. The Labute approximate surface area is 146 Å². The smallest absolute Gasteiger partial charge is 0.186 e. The zero-order valence-corrected chi connectivity index (χ0v) is 15.6. The molecule has 0 radical (unpaired) electrons. The van der Waals surface area contributed by atoms with Crippen LogP contribution in [0, 0.1) is 17.8 Å². The van der Waals surface area contributed by atoms with Crippen molar-refractivity contribution in [3.8, 4) is 0 Å². The van der Waals surface area contributed by atoms with Crippen molar-refractivity contribution in [1.82, 2.24) is 15.6 Å². The molecule has 2 atom stereocenters. The Kier molecular flexibility index (Phi) is 7.73. The minimum atomic E-state index is 0.592. The summed E-state index contributed by atoms with van der Waals surface area (Å²) < 4.78 is 5.35. The van der Waals surface area contributed by atoms with Gasteiger partial charge in [-0.1, -0.05) is 20.8 Å². The van der Waals surface area contributed by atoms with Crippen molar-refractivity contribution in [3.63, 3.8) is 0 Å². The number of hydrazone groups is 1. The van der Waals surface area contributed by atoms with Gasteiger partial charge in [-0.2, -0.15) is 5.10 Å². The van der Waals surface area contributed by atoms with Crippen LogP contribution >= 0.6 is 12.2 Å². The van der Waals surface area contributed by atoms with Gasteiger partial charge >= 0.3 is 0 Å². The van der Waals surface area contributed by atoms with E-state index < -0.39 is 0 Å². The Hall–Kier alpha value is -0.720. The number of ether oxygens (including phenoxy) is 1. The van der Waals surface area contributed by atoms with Crippen molar-refractivity contribution < 1.29 is 4.74 Å². The zero-order valence-electron chi connectivity index (χ0n) is 14.8. The number of hydrogen-bond donors (Lipinski definition) is 2. The molecule has 0 aromatic heterocycles. The first-order valence-corrected chi connectivity index (χ1v) is 9.37. The summed E-state index contributed by atoms with van der Waals surface area (Å²) in [5.41, 5.74) is 4.35. The summed E-state index contributed by atoms with van der Waals surface area (Å²) in [5.74, 6) is 1.97. The highest BCUT2D eigenvalue weighted by atomic mass is 32.1. The van der Waals surface area contributed by atoms with Crippen LogP contribution in [-0.4, -0.2) is 55.1 Å². The van der Waals surface area contributed by atoms with Crippen LogP contribution in [0.5, 0.6) is 0 Å². The molecule has 0 spiro atoms. The minimum absolute atomic E-state index is 0.592. The summed E-state index contributed by atoms with van der Waals surface area (Å²) in [4.78, 5) is 2.39. The molecule has 6 heteroatoms. The van der Waals surface area contributed by atoms with Gasteiger partial charge in [0.1, 0.15) is 0 Å². The molecule has 0 aromatic rings. The summed E-state index contributed by atoms with van der Waals surface area (Å²) in [7, 11) is 0. The van der Waals surface area contributed by atoms with Gasteiger partial charge in [0, 0.05) is 37.8 Å². The highest BCUT2D eigenvalue weighted by molar-refractivity contribution is 7.80. The van der Waals surface area contributed by atoms with Gasteiger partial charge in [0.15, 0.2) is 5.11 Å². The van der Waals surface area contributed by atoms with Crippen LogP contribution in [-0.2, 0) is 4.74 Å². The van der Waals surface area contributed by atoms with Crippen molar-refractivity contribution in [3.05, 3.63) is 0 Å². The SMILES string of the molecule is CC(C)[C@H]1CC[C@H](C)C/C1=N/NC(=S)NCCN1CCOCC1. The lowest BCUT2D eigenvalue weighted by molar-refractivity contribution is 0.0389. The average Bonchev–Trinajstić information content (AvgIpc) is 2.53. The molecule has 1 aliphatic heterocycles. The Morgan fingerprint density at radius 3 is 2.78 bits per heavy atom. The molecule has 1 saturated carbocycles. The first-order valence-electron chi connectivity index (χ1n) is 8.96. The first kappa shape index (κ1) is 18.6. The summed E-state index contributed by atoms with van der Waals surface area (Å²) >= 11 is 5.35. The van der Waals surface area contributed by atoms with Crippen molar-refractivity contribution >= 4 is 23.0 Å². The predicted octanol–water partition coefficient (Wildman–Crippen LogP) is 2.23. The maximum Gasteiger partial charge on any atom is 0.186 e. The molecule has 5 nitrogen and oxygen atoms in total. The maximum absolute atomic E-state index is 5.35. The maximum atomic E-state index is 5.35. The number of rotatable bonds is 5. The topological polar surface area (TPSA) is 48.9 Å². The highest BCUT2D eigenvalue weighted by Crippen LogP contribution is 2.31. The molecule has 2 rings (SSSR count). The summed E-state index contributed by atoms with van der Waals surface area (Å²) in [6, 6.07) is 0. The molecule has 0 unspecified atom stereocenters. The molecule has 2 N–H and O–H groups in total. The Bertz CT molecular complexity index is 407. The number of nitrogens with one attached hydrogen (secondary N) is 2. The lowest BCUT2D eigenvalue weighted by Gasteiger charge is -2.30. The summed E-state index contributed by atoms with van der Waals surface area (Å²) in [6.07, 6.45) is 3.65. The van der Waals surface area contributed by atoms with Gasteiger partial charge in [-0.25, -0.2) is 0 Å². The van der Waals surface area contributed by atoms with E-state index in [0.717, 1.165) is 51.7 Å². The normalized spacial score (nSPS) is 28.1. The van der Waals surface area contributed by atoms with E-state index in [-0.39, 0.29) is 0 Å². The lowest BCUT2D eigenvalue weighted by Crippen LogP contribution is -2.43. The quantitative estimate of drug-likeness (QED) is 0.594. The molecule has 0 aromatic carbocycles. The third kappa shape index (κ3) is 6.36. The van der Waals surface area contributed by atoms with Crippen LogP contribution < -0.4 is 10.7 Å². The van der Waals surface area contributed by atoms with E-state index in [2.05, 4.69) is 41.5 Å². The third-order valence-electron chi connectivity index (χ3n) is 4.88. The van der Waals surface area contributed by atoms with Gasteiger partial charge in [-0.15, -0.1) is 0 Å². The van der Waals surface area contributed by atoms with Gasteiger partial charge in [0.25, 0.3) is 0 Å². The van der Waals surface area contributed by atoms with Gasteiger partial charge in [0.2, 0.25) is 0 Å². The van der Waals surface area contributed by atoms with Gasteiger partial charge in [0.05, 0.1) is 13.2 Å². The van der Waals surface area contributed by atoms with Crippen LogP contribution in [0.25, 0.3) is 0 Å². The van der Waals surface area contributed by atoms with Crippen LogP contribution in [0.3, 0.4) is 0 Å². The molecule has 1 heterocycles. The van der Waals surface area contributed by atoms with E-state index in [0.29, 0.717) is 16.9 Å². The second-order valence-corrected chi connectivity index (χ2v) is 7.57. The molecule has 0 amide bonds. The van der Waals surface area contributed by atoms with Crippen LogP contribution in [0.2, 0.25) is 0 Å². The molecule has 1 aliphatic carbocycles. The van der Waals surface area contributed by atoms with Crippen molar-refractivity contribution in [2.45, 2.75) is 40.0 Å². The van der Waals surface area contributed by atoms with E-state index >= 15 is 0 Å². The fourth-order valence-electron chi connectivity index (χ4n) is 3.40. The van der Waals surface area contributed by atoms with Crippen molar-refractivity contribution in [1.29, 1.82) is 0 Å². The zero-order chi connectivity index (χ0) is 16.7. The van der Waals surface area contributed by atoms with E-state index in [1.54, 1.807) is 0 Å². The average molecular weight is 341 g/mol. The molecular weight excluding hydrogens is 308 g/mol. The molecular formula is C17H32N4OS. The Morgan fingerprint density at radius 2 is 2.09 bits per heavy atom. The fraction of sp³-hybridized carbons (Fsp3) is 0.882. The van der Waals surface area contributed by atoms with Gasteiger partial charge in [-0.05, 0) is 43.3 Å². The van der Waals surface area contributed by atoms with Crippen LogP contribution in [0.15, 0.2) is 5.10 Å². The highest BCUT2D eigenvalue weighted by Gasteiger charge is 2.27. The Morgan fingerprint density at radius 1 is 1.35 bits per heavy atom. The van der Waals surface area contributed by atoms with Crippen molar-refractivity contribution in [2.24, 2.45) is 22.9 Å². The molecule has 2 aliphatic rings.